The van der Waals surface area contributed by atoms with Crippen LogP contribution in [0.1, 0.15) is 22.3 Å². The highest BCUT2D eigenvalue weighted by Crippen LogP contribution is 2.50. The molecule has 6 heteroatoms. The zero-order valence-electron chi connectivity index (χ0n) is 21.1. The predicted octanol–water partition coefficient (Wildman–Crippen LogP) is 5.22. The molecule has 3 aliphatic rings. The molecule has 0 saturated carbocycles. The van der Waals surface area contributed by atoms with E-state index in [1.165, 1.54) is 0 Å². The summed E-state index contributed by atoms with van der Waals surface area (Å²) >= 11 is 0. The van der Waals surface area contributed by atoms with Crippen LogP contribution in [0.25, 0.3) is 22.3 Å². The summed E-state index contributed by atoms with van der Waals surface area (Å²) in [7, 11) is 4.00. The van der Waals surface area contributed by atoms with E-state index >= 15 is 0 Å². The van der Waals surface area contributed by atoms with Gasteiger partial charge in [-0.25, -0.2) is 0 Å². The second-order valence-electron chi connectivity index (χ2n) is 9.62. The lowest BCUT2D eigenvalue weighted by atomic mass is 9.94. The summed E-state index contributed by atoms with van der Waals surface area (Å²) in [6.07, 6.45) is 1.66. The van der Waals surface area contributed by atoms with E-state index in [1.54, 1.807) is 0 Å². The van der Waals surface area contributed by atoms with Crippen LogP contribution in [0.4, 0.5) is 0 Å². The van der Waals surface area contributed by atoms with Gasteiger partial charge in [-0.1, -0.05) is 72.8 Å². The Kier molecular flexibility index (Phi) is 5.42. The molecule has 4 aromatic rings. The highest BCUT2D eigenvalue weighted by Gasteiger charge is 2.49. The van der Waals surface area contributed by atoms with Crippen LogP contribution in [0.2, 0.25) is 0 Å². The molecule has 0 radical (unpaired) electrons. The lowest BCUT2D eigenvalue weighted by Crippen LogP contribution is -2.74. The molecule has 0 unspecified atom stereocenters. The Balaban J connectivity index is 0.000000765. The van der Waals surface area contributed by atoms with Crippen molar-refractivity contribution in [3.8, 4) is 45.3 Å². The van der Waals surface area contributed by atoms with Crippen molar-refractivity contribution in [2.75, 3.05) is 14.1 Å². The quantitative estimate of drug-likeness (QED) is 0.352. The molecule has 2 N–H and O–H groups in total. The second-order valence-corrected chi connectivity index (χ2v) is 9.62. The number of nitrogens with two attached hydrogens (primary N) is 1. The molecule has 0 aromatic heterocycles. The van der Waals surface area contributed by atoms with E-state index in [0.717, 1.165) is 80.3 Å². The van der Waals surface area contributed by atoms with Gasteiger partial charge in [-0.3, -0.25) is 0 Å². The number of fused-ring (bicyclic) bond motifs is 4. The molecule has 3 heterocycles. The van der Waals surface area contributed by atoms with Gasteiger partial charge in [-0.2, -0.15) is 0 Å². The summed E-state index contributed by atoms with van der Waals surface area (Å²) in [5, 5.41) is 2.00. The fraction of sp³-hybridized carbons (Fsp3) is 0.200. The van der Waals surface area contributed by atoms with Crippen LogP contribution in [0.3, 0.4) is 0 Å². The van der Waals surface area contributed by atoms with E-state index in [0.29, 0.717) is 0 Å². The number of benzene rings is 4. The van der Waals surface area contributed by atoms with Crippen LogP contribution in [0.5, 0.6) is 23.0 Å². The Bertz CT molecular complexity index is 1370. The highest BCUT2D eigenvalue weighted by molar-refractivity contribution is 6.58. The van der Waals surface area contributed by atoms with E-state index in [1.807, 2.05) is 57.5 Å². The van der Waals surface area contributed by atoms with Gasteiger partial charge in [0.2, 0.25) is 0 Å². The Morgan fingerprint density at radius 3 is 1.28 bits per heavy atom. The summed E-state index contributed by atoms with van der Waals surface area (Å²) in [5.41, 5.74) is 8.21. The van der Waals surface area contributed by atoms with E-state index in [4.69, 9.17) is 18.6 Å². The van der Waals surface area contributed by atoms with Gasteiger partial charge in [0, 0.05) is 22.3 Å². The van der Waals surface area contributed by atoms with Crippen LogP contribution in [0, 0.1) is 13.8 Å². The first-order valence-electron chi connectivity index (χ1n) is 12.6. The van der Waals surface area contributed by atoms with Crippen molar-refractivity contribution < 1.29 is 23.9 Å². The summed E-state index contributed by atoms with van der Waals surface area (Å²) in [5.74, 6) is 3.00. The summed E-state index contributed by atoms with van der Waals surface area (Å²) in [4.78, 5) is 0. The van der Waals surface area contributed by atoms with Crippen molar-refractivity contribution >= 4 is 6.96 Å². The van der Waals surface area contributed by atoms with Gasteiger partial charge < -0.3 is 23.9 Å². The first kappa shape index (κ1) is 22.6. The van der Waals surface area contributed by atoms with Crippen LogP contribution < -0.4 is 23.9 Å². The van der Waals surface area contributed by atoms with Gasteiger partial charge in [0.25, 0.3) is 0 Å². The van der Waals surface area contributed by atoms with Gasteiger partial charge in [-0.15, -0.1) is 0 Å². The average Bonchev–Trinajstić information content (AvgIpc) is 3.06. The average molecular weight is 479 g/mol. The molecule has 0 fully saturated rings. The maximum absolute atomic E-state index is 6.72. The molecule has 1 spiro atoms. The van der Waals surface area contributed by atoms with Gasteiger partial charge in [-0.05, 0) is 48.9 Å². The maximum atomic E-state index is 6.72. The third kappa shape index (κ3) is 3.52. The van der Waals surface area contributed by atoms with Crippen molar-refractivity contribution in [1.29, 1.82) is 0 Å². The van der Waals surface area contributed by atoms with Gasteiger partial charge in [0.15, 0.2) is 0 Å². The van der Waals surface area contributed by atoms with Crippen LogP contribution in [-0.4, -0.2) is 21.1 Å². The third-order valence-electron chi connectivity index (χ3n) is 6.91. The number of rotatable bonds is 0. The fourth-order valence-electron chi connectivity index (χ4n) is 5.30. The Hall–Kier alpha value is -3.90. The lowest BCUT2D eigenvalue weighted by Gasteiger charge is -2.40. The maximum Gasteiger partial charge on any atom is 0.777 e. The number of aryl methyl sites for hydroxylation is 4. The zero-order chi connectivity index (χ0) is 24.9. The molecule has 0 amide bonds. The highest BCUT2D eigenvalue weighted by atomic mass is 16.9. The Morgan fingerprint density at radius 2 is 0.861 bits per heavy atom. The second kappa shape index (κ2) is 8.64. The first-order chi connectivity index (χ1) is 17.5. The molecular formula is C30H30BNO4. The number of quaternary nitrogens is 1. The topological polar surface area (TPSA) is 53.5 Å². The predicted molar refractivity (Wildman–Crippen MR) is 143 cm³/mol. The molecule has 3 aliphatic heterocycles. The van der Waals surface area contributed by atoms with Crippen molar-refractivity contribution in [1.82, 2.24) is 0 Å². The van der Waals surface area contributed by atoms with E-state index < -0.39 is 6.96 Å². The van der Waals surface area contributed by atoms with Gasteiger partial charge in [0.05, 0.1) is 37.1 Å². The van der Waals surface area contributed by atoms with E-state index in [-0.39, 0.29) is 0 Å². The molecule has 182 valence electrons. The van der Waals surface area contributed by atoms with Crippen molar-refractivity contribution in [3.63, 3.8) is 0 Å². The van der Waals surface area contributed by atoms with Crippen LogP contribution in [-0.2, 0) is 12.8 Å². The number of hydrogen-bond donors (Lipinski definition) is 1. The van der Waals surface area contributed by atoms with E-state index in [9.17, 15) is 0 Å². The molecule has 5 nitrogen and oxygen atoms in total. The van der Waals surface area contributed by atoms with Crippen molar-refractivity contribution in [3.05, 3.63) is 95.1 Å². The normalized spacial score (nSPS) is 15.1. The third-order valence-corrected chi connectivity index (χ3v) is 6.91. The van der Waals surface area contributed by atoms with E-state index in [2.05, 4.69) is 48.5 Å². The standard InChI is InChI=1S/C28H22BO4.C2H7N/c1-17-7-3-11-21-23-13-5-9-19-15-16-20-10-6-14-24-22-12-4-8-18(2)26(22)31-29(30-25(17)21,32-27(19)23)33-28(20)24;1-3-2/h3-14H,15-16H2,1-2H3;3H,1-2H3/q-1;/p+1. The van der Waals surface area contributed by atoms with Gasteiger partial charge >= 0.3 is 6.96 Å². The minimum Gasteiger partial charge on any atom is -0.610 e. The molecular weight excluding hydrogens is 449 g/mol. The summed E-state index contributed by atoms with van der Waals surface area (Å²) in [6.45, 7) is 1.40. The Morgan fingerprint density at radius 1 is 0.528 bits per heavy atom. The van der Waals surface area contributed by atoms with Crippen molar-refractivity contribution in [2.24, 2.45) is 0 Å². The monoisotopic (exact) mass is 479 g/mol. The number of hydrogen-bond acceptors (Lipinski definition) is 4. The van der Waals surface area contributed by atoms with Crippen molar-refractivity contribution in [2.45, 2.75) is 26.7 Å². The molecule has 7 rings (SSSR count). The first-order valence-corrected chi connectivity index (χ1v) is 12.6. The smallest absolute Gasteiger partial charge is 0.610 e. The van der Waals surface area contributed by atoms with Crippen LogP contribution >= 0.6 is 0 Å². The van der Waals surface area contributed by atoms with Crippen LogP contribution in [0.15, 0.2) is 72.8 Å². The zero-order valence-corrected chi connectivity index (χ0v) is 21.1. The number of para-hydroxylation sites is 4. The molecule has 0 aliphatic carbocycles. The molecule has 0 saturated heterocycles. The molecule has 4 aromatic carbocycles. The lowest BCUT2D eigenvalue weighted by molar-refractivity contribution is -0.597. The summed E-state index contributed by atoms with van der Waals surface area (Å²) < 4.78 is 26.8. The fourth-order valence-corrected chi connectivity index (χ4v) is 5.30. The molecule has 3 bridgehead atoms. The Labute approximate surface area is 212 Å². The SMILES string of the molecule is C[NH2+]C.Cc1cccc2c1O[B-]13Oc4c(C)cccc4-c4cccc(c4O1)CCc1cccc-2c1O3. The minimum absolute atomic E-state index is 0.727. The van der Waals surface area contributed by atoms with Gasteiger partial charge in [0.1, 0.15) is 0 Å². The molecule has 0 atom stereocenters. The largest absolute Gasteiger partial charge is 0.777 e. The molecule has 36 heavy (non-hydrogen) atoms. The summed E-state index contributed by atoms with van der Waals surface area (Å²) in [6, 6.07) is 24.9. The minimum atomic E-state index is -2.68.